The SMILES string of the molecule is CCCOc1ccc(C(=O)CCC(=O)NCC2COc3ccccc3O2)cc1. The lowest BCUT2D eigenvalue weighted by atomic mass is 10.1. The molecule has 0 saturated heterocycles. The van der Waals surface area contributed by atoms with Crippen molar-refractivity contribution in [2.45, 2.75) is 32.3 Å². The van der Waals surface area contributed by atoms with Crippen molar-refractivity contribution in [3.63, 3.8) is 0 Å². The van der Waals surface area contributed by atoms with Gasteiger partial charge in [-0.2, -0.15) is 0 Å². The molecule has 6 nitrogen and oxygen atoms in total. The molecule has 0 aliphatic carbocycles. The van der Waals surface area contributed by atoms with Gasteiger partial charge < -0.3 is 19.5 Å². The minimum atomic E-state index is -0.245. The third-order valence-corrected chi connectivity index (χ3v) is 4.32. The number of ether oxygens (including phenoxy) is 3. The molecule has 1 unspecified atom stereocenters. The summed E-state index contributed by atoms with van der Waals surface area (Å²) in [5.41, 5.74) is 0.581. The Kier molecular flexibility index (Phi) is 6.89. The highest BCUT2D eigenvalue weighted by atomic mass is 16.6. The molecule has 0 spiro atoms. The number of Topliss-reactive ketones (excluding diaryl/α,β-unsaturated/α-hetero) is 1. The standard InChI is InChI=1S/C22H25NO5/c1-2-13-26-17-9-7-16(8-10-17)19(24)11-12-22(25)23-14-18-15-27-20-5-3-4-6-21(20)28-18/h3-10,18H,2,11-15H2,1H3,(H,23,25). The minimum Gasteiger partial charge on any atom is -0.494 e. The van der Waals surface area contributed by atoms with Gasteiger partial charge in [-0.3, -0.25) is 9.59 Å². The number of para-hydroxylation sites is 2. The quantitative estimate of drug-likeness (QED) is 0.672. The van der Waals surface area contributed by atoms with Crippen LogP contribution < -0.4 is 19.5 Å². The number of nitrogens with one attached hydrogen (secondary N) is 1. The molecule has 0 radical (unpaired) electrons. The van der Waals surface area contributed by atoms with Crippen molar-refractivity contribution in [2.24, 2.45) is 0 Å². The first-order valence-corrected chi connectivity index (χ1v) is 9.57. The number of fused-ring (bicyclic) bond motifs is 1. The summed E-state index contributed by atoms with van der Waals surface area (Å²) in [4.78, 5) is 24.3. The summed E-state index contributed by atoms with van der Waals surface area (Å²) >= 11 is 0. The summed E-state index contributed by atoms with van der Waals surface area (Å²) in [7, 11) is 0. The van der Waals surface area contributed by atoms with E-state index in [9.17, 15) is 9.59 Å². The monoisotopic (exact) mass is 383 g/mol. The van der Waals surface area contributed by atoms with Gasteiger partial charge in [0.05, 0.1) is 13.2 Å². The molecule has 1 aliphatic rings. The molecule has 2 aromatic carbocycles. The highest BCUT2D eigenvalue weighted by Gasteiger charge is 2.21. The van der Waals surface area contributed by atoms with Crippen LogP contribution in [0.5, 0.6) is 17.2 Å². The number of rotatable bonds is 9. The maximum Gasteiger partial charge on any atom is 0.220 e. The highest BCUT2D eigenvalue weighted by molar-refractivity contribution is 5.98. The topological polar surface area (TPSA) is 73.9 Å². The molecule has 6 heteroatoms. The number of ketones is 1. The Balaban J connectivity index is 1.39. The fraction of sp³-hybridized carbons (Fsp3) is 0.364. The second kappa shape index (κ2) is 9.78. The Morgan fingerprint density at radius 1 is 1.07 bits per heavy atom. The molecule has 0 aromatic heterocycles. The van der Waals surface area contributed by atoms with Crippen LogP contribution in [0.25, 0.3) is 0 Å². The van der Waals surface area contributed by atoms with E-state index in [0.717, 1.165) is 12.2 Å². The van der Waals surface area contributed by atoms with Gasteiger partial charge in [0.15, 0.2) is 17.3 Å². The Bertz CT molecular complexity index is 803. The normalized spacial score (nSPS) is 15.0. The van der Waals surface area contributed by atoms with Gasteiger partial charge in [0.1, 0.15) is 18.5 Å². The smallest absolute Gasteiger partial charge is 0.220 e. The van der Waals surface area contributed by atoms with E-state index in [4.69, 9.17) is 14.2 Å². The molecule has 3 rings (SSSR count). The molecular weight excluding hydrogens is 358 g/mol. The summed E-state index contributed by atoms with van der Waals surface area (Å²) in [6.07, 6.45) is 0.980. The van der Waals surface area contributed by atoms with E-state index in [2.05, 4.69) is 5.32 Å². The predicted octanol–water partition coefficient (Wildman–Crippen LogP) is 3.39. The molecule has 2 aromatic rings. The lowest BCUT2D eigenvalue weighted by Crippen LogP contribution is -2.40. The maximum atomic E-state index is 12.3. The van der Waals surface area contributed by atoms with Gasteiger partial charge in [-0.05, 0) is 42.8 Å². The first-order chi connectivity index (χ1) is 13.7. The Morgan fingerprint density at radius 3 is 2.57 bits per heavy atom. The van der Waals surface area contributed by atoms with E-state index < -0.39 is 0 Å². The Hall–Kier alpha value is -3.02. The van der Waals surface area contributed by atoms with E-state index in [1.165, 1.54) is 0 Å². The Labute approximate surface area is 164 Å². The molecule has 1 aliphatic heterocycles. The van der Waals surface area contributed by atoms with E-state index in [1.54, 1.807) is 24.3 Å². The average Bonchev–Trinajstić information content (AvgIpc) is 2.74. The largest absolute Gasteiger partial charge is 0.494 e. The van der Waals surface area contributed by atoms with Crippen molar-refractivity contribution < 1.29 is 23.8 Å². The number of benzene rings is 2. The van der Waals surface area contributed by atoms with Crippen LogP contribution >= 0.6 is 0 Å². The summed E-state index contributed by atoms with van der Waals surface area (Å²) in [5, 5.41) is 2.81. The van der Waals surface area contributed by atoms with Gasteiger partial charge >= 0.3 is 0 Å². The number of hydrogen-bond donors (Lipinski definition) is 1. The zero-order valence-electron chi connectivity index (χ0n) is 16.0. The lowest BCUT2D eigenvalue weighted by Gasteiger charge is -2.26. The summed E-state index contributed by atoms with van der Waals surface area (Å²) in [6.45, 7) is 3.40. The van der Waals surface area contributed by atoms with Crippen LogP contribution in [-0.2, 0) is 4.79 Å². The molecule has 1 N–H and O–H groups in total. The van der Waals surface area contributed by atoms with Crippen LogP contribution in [0.2, 0.25) is 0 Å². The van der Waals surface area contributed by atoms with Gasteiger partial charge in [0, 0.05) is 18.4 Å². The van der Waals surface area contributed by atoms with Crippen LogP contribution in [-0.4, -0.2) is 37.6 Å². The fourth-order valence-corrected chi connectivity index (χ4v) is 2.81. The number of amides is 1. The fourth-order valence-electron chi connectivity index (χ4n) is 2.81. The number of carbonyl (C=O) groups is 2. The Morgan fingerprint density at radius 2 is 1.82 bits per heavy atom. The maximum absolute atomic E-state index is 12.3. The molecular formula is C22H25NO5. The average molecular weight is 383 g/mol. The van der Waals surface area contributed by atoms with Gasteiger partial charge in [-0.15, -0.1) is 0 Å². The molecule has 148 valence electrons. The summed E-state index contributed by atoms with van der Waals surface area (Å²) < 4.78 is 16.9. The van der Waals surface area contributed by atoms with Gasteiger partial charge in [0.25, 0.3) is 0 Å². The van der Waals surface area contributed by atoms with Crippen LogP contribution in [0.4, 0.5) is 0 Å². The zero-order valence-corrected chi connectivity index (χ0v) is 16.0. The predicted molar refractivity (Wildman–Crippen MR) is 105 cm³/mol. The summed E-state index contributed by atoms with van der Waals surface area (Å²) in [6, 6.07) is 14.5. The lowest BCUT2D eigenvalue weighted by molar-refractivity contribution is -0.121. The summed E-state index contributed by atoms with van der Waals surface area (Å²) in [5.74, 6) is 1.88. The van der Waals surface area contributed by atoms with Gasteiger partial charge in [-0.25, -0.2) is 0 Å². The van der Waals surface area contributed by atoms with Crippen molar-refractivity contribution in [3.8, 4) is 17.2 Å². The van der Waals surface area contributed by atoms with E-state index in [1.807, 2.05) is 31.2 Å². The van der Waals surface area contributed by atoms with Crippen molar-refractivity contribution in [1.29, 1.82) is 0 Å². The molecule has 0 saturated carbocycles. The van der Waals surface area contributed by atoms with Crippen LogP contribution in [0.1, 0.15) is 36.5 Å². The first-order valence-electron chi connectivity index (χ1n) is 9.57. The highest BCUT2D eigenvalue weighted by Crippen LogP contribution is 2.30. The first kappa shape index (κ1) is 19.7. The van der Waals surface area contributed by atoms with E-state index in [0.29, 0.717) is 36.8 Å². The van der Waals surface area contributed by atoms with Crippen LogP contribution in [0.15, 0.2) is 48.5 Å². The molecule has 0 bridgehead atoms. The molecule has 1 atom stereocenters. The van der Waals surface area contributed by atoms with Gasteiger partial charge in [0.2, 0.25) is 5.91 Å². The minimum absolute atomic E-state index is 0.0663. The third-order valence-electron chi connectivity index (χ3n) is 4.32. The molecule has 1 heterocycles. The molecule has 1 amide bonds. The molecule has 0 fully saturated rings. The van der Waals surface area contributed by atoms with Crippen molar-refractivity contribution in [2.75, 3.05) is 19.8 Å². The second-order valence-corrected chi connectivity index (χ2v) is 6.60. The van der Waals surface area contributed by atoms with Crippen molar-refractivity contribution >= 4 is 11.7 Å². The van der Waals surface area contributed by atoms with E-state index >= 15 is 0 Å². The van der Waals surface area contributed by atoms with Crippen molar-refractivity contribution in [3.05, 3.63) is 54.1 Å². The second-order valence-electron chi connectivity index (χ2n) is 6.60. The zero-order chi connectivity index (χ0) is 19.8. The van der Waals surface area contributed by atoms with Gasteiger partial charge in [-0.1, -0.05) is 19.1 Å². The number of carbonyl (C=O) groups excluding carboxylic acids is 2. The van der Waals surface area contributed by atoms with Crippen LogP contribution in [0, 0.1) is 0 Å². The van der Waals surface area contributed by atoms with Crippen molar-refractivity contribution in [1.82, 2.24) is 5.32 Å². The van der Waals surface area contributed by atoms with E-state index in [-0.39, 0.29) is 30.6 Å². The number of hydrogen-bond acceptors (Lipinski definition) is 5. The molecule has 28 heavy (non-hydrogen) atoms. The van der Waals surface area contributed by atoms with Crippen LogP contribution in [0.3, 0.4) is 0 Å². The third kappa shape index (κ3) is 5.49.